The van der Waals surface area contributed by atoms with Crippen LogP contribution in [-0.2, 0) is 16.3 Å². The van der Waals surface area contributed by atoms with Gasteiger partial charge in [-0.2, -0.15) is 0 Å². The number of carbonyl (C=O) groups is 1. The van der Waals surface area contributed by atoms with Crippen LogP contribution in [0, 0.1) is 0 Å². The summed E-state index contributed by atoms with van der Waals surface area (Å²) in [5.41, 5.74) is 0.484. The van der Waals surface area contributed by atoms with Crippen molar-refractivity contribution in [2.45, 2.75) is 25.2 Å². The molecule has 0 aliphatic carbocycles. The van der Waals surface area contributed by atoms with E-state index >= 15 is 0 Å². The Labute approximate surface area is 122 Å². The number of amides is 1. The second kappa shape index (κ2) is 6.04. The molecule has 0 radical (unpaired) electrons. The first-order valence-electron chi connectivity index (χ1n) is 6.51. The Hall–Kier alpha value is -2.22. The maximum atomic E-state index is 11.9. The van der Waals surface area contributed by atoms with Crippen LogP contribution in [0.1, 0.15) is 30.3 Å². The molecule has 1 aromatic carbocycles. The molecule has 8 heteroatoms. The quantitative estimate of drug-likeness (QED) is 0.869. The topological polar surface area (TPSA) is 105 Å². The Bertz CT molecular complexity index is 735. The Morgan fingerprint density at radius 1 is 1.24 bits per heavy atom. The third-order valence-electron chi connectivity index (χ3n) is 2.92. The van der Waals surface area contributed by atoms with Crippen LogP contribution in [0.25, 0.3) is 0 Å². The van der Waals surface area contributed by atoms with Gasteiger partial charge in [0.15, 0.2) is 9.84 Å². The first-order valence-corrected chi connectivity index (χ1v) is 8.17. The van der Waals surface area contributed by atoms with Crippen LogP contribution in [0.3, 0.4) is 0 Å². The second-order valence-electron chi connectivity index (χ2n) is 4.34. The van der Waals surface area contributed by atoms with Gasteiger partial charge in [-0.3, -0.25) is 9.89 Å². The Balaban J connectivity index is 2.11. The van der Waals surface area contributed by atoms with Crippen LogP contribution in [-0.4, -0.2) is 35.3 Å². The van der Waals surface area contributed by atoms with Gasteiger partial charge in [-0.25, -0.2) is 13.4 Å². The lowest BCUT2D eigenvalue weighted by molar-refractivity contribution is 0.101. The van der Waals surface area contributed by atoms with Crippen molar-refractivity contribution < 1.29 is 13.2 Å². The van der Waals surface area contributed by atoms with E-state index in [1.54, 1.807) is 6.92 Å². The predicted octanol–water partition coefficient (Wildman–Crippen LogP) is 1.41. The zero-order valence-corrected chi connectivity index (χ0v) is 12.6. The van der Waals surface area contributed by atoms with E-state index in [-0.39, 0.29) is 16.5 Å². The van der Waals surface area contributed by atoms with Crippen molar-refractivity contribution in [2.24, 2.45) is 0 Å². The molecule has 0 saturated heterocycles. The molecule has 2 N–H and O–H groups in total. The van der Waals surface area contributed by atoms with Crippen LogP contribution in [0.15, 0.2) is 29.2 Å². The molecule has 0 spiro atoms. The summed E-state index contributed by atoms with van der Waals surface area (Å²) in [6.07, 6.45) is 0.657. The van der Waals surface area contributed by atoms with Crippen LogP contribution >= 0.6 is 0 Å². The fourth-order valence-corrected chi connectivity index (χ4v) is 2.54. The summed E-state index contributed by atoms with van der Waals surface area (Å²) in [7, 11) is -3.24. The van der Waals surface area contributed by atoms with Crippen LogP contribution in [0.4, 0.5) is 5.69 Å². The summed E-state index contributed by atoms with van der Waals surface area (Å²) in [5, 5.41) is 9.08. The standard InChI is InChI=1S/C13H16N4O3S/c1-3-11-15-12(17-16-11)13(18)14-9-5-7-10(8-6-9)21(19,20)4-2/h5-8H,3-4H2,1-2H3,(H,14,18)(H,15,16,17). The number of rotatable bonds is 5. The van der Waals surface area contributed by atoms with Gasteiger partial charge in [0.25, 0.3) is 5.91 Å². The largest absolute Gasteiger partial charge is 0.319 e. The monoisotopic (exact) mass is 308 g/mol. The van der Waals surface area contributed by atoms with Crippen molar-refractivity contribution in [1.29, 1.82) is 0 Å². The summed E-state index contributed by atoms with van der Waals surface area (Å²) in [6, 6.07) is 6.00. The highest BCUT2D eigenvalue weighted by Crippen LogP contribution is 2.15. The molecule has 0 fully saturated rings. The number of H-pyrrole nitrogens is 1. The summed E-state index contributed by atoms with van der Waals surface area (Å²) in [5.74, 6) is 0.272. The summed E-state index contributed by atoms with van der Waals surface area (Å²) in [4.78, 5) is 16.2. The minimum atomic E-state index is -3.24. The van der Waals surface area contributed by atoms with Gasteiger partial charge in [0.1, 0.15) is 5.82 Å². The maximum Gasteiger partial charge on any atom is 0.295 e. The maximum absolute atomic E-state index is 11.9. The SMILES string of the molecule is CCc1nc(C(=O)Nc2ccc(S(=O)(=O)CC)cc2)n[nH]1. The Kier molecular flexibility index (Phi) is 4.37. The second-order valence-corrected chi connectivity index (χ2v) is 6.62. The highest BCUT2D eigenvalue weighted by molar-refractivity contribution is 7.91. The van der Waals surface area contributed by atoms with Crippen molar-refractivity contribution >= 4 is 21.4 Å². The smallest absolute Gasteiger partial charge is 0.295 e. The number of aromatic nitrogens is 3. The minimum Gasteiger partial charge on any atom is -0.319 e. The van der Waals surface area contributed by atoms with E-state index in [4.69, 9.17) is 0 Å². The molecule has 7 nitrogen and oxygen atoms in total. The van der Waals surface area contributed by atoms with Crippen LogP contribution < -0.4 is 5.32 Å². The zero-order chi connectivity index (χ0) is 15.5. The molecular formula is C13H16N4O3S. The number of aromatic amines is 1. The van der Waals surface area contributed by atoms with Gasteiger partial charge in [0.2, 0.25) is 5.82 Å². The molecular weight excluding hydrogens is 292 g/mol. The average Bonchev–Trinajstić information content (AvgIpc) is 2.97. The summed E-state index contributed by atoms with van der Waals surface area (Å²) >= 11 is 0. The number of aryl methyl sites for hydroxylation is 1. The molecule has 0 aliphatic rings. The van der Waals surface area contributed by atoms with Gasteiger partial charge in [-0.1, -0.05) is 13.8 Å². The molecule has 1 aromatic heterocycles. The van der Waals surface area contributed by atoms with Crippen LogP contribution in [0.5, 0.6) is 0 Å². The van der Waals surface area contributed by atoms with E-state index in [0.29, 0.717) is 17.9 Å². The molecule has 0 saturated carbocycles. The van der Waals surface area contributed by atoms with Crippen molar-refractivity contribution in [3.63, 3.8) is 0 Å². The number of hydrogen-bond donors (Lipinski definition) is 2. The van der Waals surface area contributed by atoms with E-state index in [1.165, 1.54) is 24.3 Å². The van der Waals surface area contributed by atoms with Gasteiger partial charge in [-0.05, 0) is 24.3 Å². The number of anilines is 1. The Morgan fingerprint density at radius 3 is 2.43 bits per heavy atom. The molecule has 1 amide bonds. The molecule has 112 valence electrons. The summed E-state index contributed by atoms with van der Waals surface area (Å²) < 4.78 is 23.4. The highest BCUT2D eigenvalue weighted by Gasteiger charge is 2.14. The fraction of sp³-hybridized carbons (Fsp3) is 0.308. The molecule has 21 heavy (non-hydrogen) atoms. The van der Waals surface area contributed by atoms with Gasteiger partial charge in [-0.15, -0.1) is 5.10 Å². The molecule has 0 unspecified atom stereocenters. The summed E-state index contributed by atoms with van der Waals surface area (Å²) in [6.45, 7) is 3.48. The molecule has 1 heterocycles. The lowest BCUT2D eigenvalue weighted by Crippen LogP contribution is -2.14. The molecule has 2 rings (SSSR count). The van der Waals surface area contributed by atoms with Crippen LogP contribution in [0.2, 0.25) is 0 Å². The first-order chi connectivity index (χ1) is 9.96. The van der Waals surface area contributed by atoms with E-state index in [1.807, 2.05) is 6.92 Å². The van der Waals surface area contributed by atoms with Crippen molar-refractivity contribution in [3.8, 4) is 0 Å². The normalized spacial score (nSPS) is 11.3. The number of nitrogens with zero attached hydrogens (tertiary/aromatic N) is 2. The lowest BCUT2D eigenvalue weighted by atomic mass is 10.3. The van der Waals surface area contributed by atoms with E-state index in [0.717, 1.165) is 0 Å². The number of carbonyl (C=O) groups excluding carboxylic acids is 1. The van der Waals surface area contributed by atoms with E-state index in [9.17, 15) is 13.2 Å². The predicted molar refractivity (Wildman–Crippen MR) is 77.9 cm³/mol. The van der Waals surface area contributed by atoms with Gasteiger partial charge >= 0.3 is 0 Å². The molecule has 0 atom stereocenters. The lowest BCUT2D eigenvalue weighted by Gasteiger charge is -2.04. The van der Waals surface area contributed by atoms with Crippen molar-refractivity contribution in [3.05, 3.63) is 35.9 Å². The first kappa shape index (κ1) is 15.2. The number of hydrogen-bond acceptors (Lipinski definition) is 5. The van der Waals surface area contributed by atoms with Gasteiger partial charge in [0, 0.05) is 12.1 Å². The molecule has 0 bridgehead atoms. The van der Waals surface area contributed by atoms with Crippen molar-refractivity contribution in [2.75, 3.05) is 11.1 Å². The highest BCUT2D eigenvalue weighted by atomic mass is 32.2. The Morgan fingerprint density at radius 2 is 1.90 bits per heavy atom. The molecule has 0 aliphatic heterocycles. The number of nitrogens with one attached hydrogen (secondary N) is 2. The zero-order valence-electron chi connectivity index (χ0n) is 11.8. The fourth-order valence-electron chi connectivity index (χ4n) is 1.65. The van der Waals surface area contributed by atoms with Crippen molar-refractivity contribution in [1.82, 2.24) is 15.2 Å². The van der Waals surface area contributed by atoms with Gasteiger partial charge in [0.05, 0.1) is 10.6 Å². The number of sulfone groups is 1. The minimum absolute atomic E-state index is 0.0374. The van der Waals surface area contributed by atoms with Gasteiger partial charge < -0.3 is 5.32 Å². The van der Waals surface area contributed by atoms with E-state index in [2.05, 4.69) is 20.5 Å². The molecule has 2 aromatic rings. The average molecular weight is 308 g/mol. The third kappa shape index (κ3) is 3.46. The van der Waals surface area contributed by atoms with E-state index < -0.39 is 15.7 Å². The number of benzene rings is 1. The third-order valence-corrected chi connectivity index (χ3v) is 4.67.